The van der Waals surface area contributed by atoms with Crippen LogP contribution >= 0.6 is 11.6 Å². The lowest BCUT2D eigenvalue weighted by atomic mass is 10.0. The van der Waals surface area contributed by atoms with Crippen molar-refractivity contribution < 1.29 is 14.3 Å². The molecule has 1 atom stereocenters. The van der Waals surface area contributed by atoms with E-state index in [2.05, 4.69) is 5.32 Å². The van der Waals surface area contributed by atoms with E-state index in [1.54, 1.807) is 11.0 Å². The molecule has 5 nitrogen and oxygen atoms in total. The summed E-state index contributed by atoms with van der Waals surface area (Å²) in [5.74, 6) is 0.156. The van der Waals surface area contributed by atoms with Crippen LogP contribution in [0.3, 0.4) is 0 Å². The van der Waals surface area contributed by atoms with Crippen LogP contribution in [0.15, 0.2) is 72.8 Å². The minimum absolute atomic E-state index is 0.182. The summed E-state index contributed by atoms with van der Waals surface area (Å²) in [6, 6.07) is 22.2. The number of amides is 2. The summed E-state index contributed by atoms with van der Waals surface area (Å²) in [5.41, 5.74) is 3.42. The van der Waals surface area contributed by atoms with E-state index in [1.165, 1.54) is 0 Å². The first-order valence-electron chi connectivity index (χ1n) is 12.1. The van der Waals surface area contributed by atoms with E-state index in [1.807, 2.05) is 101 Å². The van der Waals surface area contributed by atoms with Crippen molar-refractivity contribution in [2.75, 3.05) is 6.61 Å². The highest BCUT2D eigenvalue weighted by molar-refractivity contribution is 6.30. The van der Waals surface area contributed by atoms with Crippen LogP contribution in [0, 0.1) is 13.8 Å². The molecule has 0 fully saturated rings. The fraction of sp³-hybridized carbons (Fsp3) is 0.333. The number of rotatable bonds is 9. The standard InChI is InChI=1S/C30H35ClN2O3/c1-21-14-15-27(22(2)16-21)36-20-28(34)33(19-24-12-9-13-25(31)17-24)26(29(35)32-30(3,4)5)18-23-10-7-6-8-11-23/h6-17,26H,18-20H2,1-5H3,(H,32,35)/t26-/m1/s1. The lowest BCUT2D eigenvalue weighted by Gasteiger charge is -2.33. The summed E-state index contributed by atoms with van der Waals surface area (Å²) in [7, 11) is 0. The van der Waals surface area contributed by atoms with Crippen LogP contribution in [0.4, 0.5) is 0 Å². The van der Waals surface area contributed by atoms with Gasteiger partial charge < -0.3 is 15.0 Å². The minimum Gasteiger partial charge on any atom is -0.483 e. The number of nitrogens with one attached hydrogen (secondary N) is 1. The Morgan fingerprint density at radius 2 is 1.64 bits per heavy atom. The molecule has 0 saturated heterocycles. The van der Waals surface area contributed by atoms with Crippen LogP contribution in [0.5, 0.6) is 5.75 Å². The smallest absolute Gasteiger partial charge is 0.261 e. The molecular weight excluding hydrogens is 472 g/mol. The molecule has 3 aromatic rings. The Morgan fingerprint density at radius 3 is 2.28 bits per heavy atom. The highest BCUT2D eigenvalue weighted by Gasteiger charge is 2.32. The van der Waals surface area contributed by atoms with Gasteiger partial charge in [0, 0.05) is 23.5 Å². The van der Waals surface area contributed by atoms with Gasteiger partial charge in [-0.2, -0.15) is 0 Å². The normalized spacial score (nSPS) is 12.1. The van der Waals surface area contributed by atoms with Gasteiger partial charge >= 0.3 is 0 Å². The molecular formula is C30H35ClN2O3. The molecule has 6 heteroatoms. The first kappa shape index (κ1) is 27.3. The maximum atomic E-state index is 13.7. The Labute approximate surface area is 219 Å². The van der Waals surface area contributed by atoms with E-state index in [0.29, 0.717) is 17.2 Å². The van der Waals surface area contributed by atoms with Crippen molar-refractivity contribution in [3.63, 3.8) is 0 Å². The van der Waals surface area contributed by atoms with Crippen LogP contribution < -0.4 is 10.1 Å². The fourth-order valence-electron chi connectivity index (χ4n) is 4.02. The molecule has 1 N–H and O–H groups in total. The van der Waals surface area contributed by atoms with Gasteiger partial charge in [0.05, 0.1) is 0 Å². The summed E-state index contributed by atoms with van der Waals surface area (Å²) < 4.78 is 5.93. The highest BCUT2D eigenvalue weighted by Crippen LogP contribution is 2.21. The number of nitrogens with zero attached hydrogens (tertiary/aromatic N) is 1. The van der Waals surface area contributed by atoms with E-state index < -0.39 is 11.6 Å². The minimum atomic E-state index is -0.735. The zero-order valence-corrected chi connectivity index (χ0v) is 22.4. The van der Waals surface area contributed by atoms with Crippen molar-refractivity contribution in [2.24, 2.45) is 0 Å². The number of halogens is 1. The van der Waals surface area contributed by atoms with E-state index in [9.17, 15) is 9.59 Å². The molecule has 0 saturated carbocycles. The van der Waals surface area contributed by atoms with Crippen molar-refractivity contribution in [3.8, 4) is 5.75 Å². The molecule has 0 aliphatic rings. The van der Waals surface area contributed by atoms with Gasteiger partial charge in [-0.3, -0.25) is 9.59 Å². The third-order valence-corrected chi connectivity index (χ3v) is 5.93. The van der Waals surface area contributed by atoms with Crippen molar-refractivity contribution in [2.45, 2.75) is 59.2 Å². The molecule has 3 aromatic carbocycles. The Morgan fingerprint density at radius 1 is 0.944 bits per heavy atom. The van der Waals surface area contributed by atoms with Crippen LogP contribution in [-0.2, 0) is 22.6 Å². The zero-order valence-electron chi connectivity index (χ0n) is 21.7. The van der Waals surface area contributed by atoms with Gasteiger partial charge in [-0.1, -0.05) is 71.8 Å². The van der Waals surface area contributed by atoms with Crippen LogP contribution in [0.25, 0.3) is 0 Å². The second kappa shape index (κ2) is 12.1. The number of hydrogen-bond donors (Lipinski definition) is 1. The Bertz CT molecular complexity index is 1190. The molecule has 0 unspecified atom stereocenters. The molecule has 0 aromatic heterocycles. The van der Waals surface area contributed by atoms with Crippen molar-refractivity contribution in [1.82, 2.24) is 10.2 Å². The molecule has 0 aliphatic carbocycles. The first-order chi connectivity index (χ1) is 17.0. The van der Waals surface area contributed by atoms with Crippen LogP contribution in [0.2, 0.25) is 5.02 Å². The maximum Gasteiger partial charge on any atom is 0.261 e. The summed E-state index contributed by atoms with van der Waals surface area (Å²) in [4.78, 5) is 28.8. The Kier molecular flexibility index (Phi) is 9.16. The van der Waals surface area contributed by atoms with Crippen molar-refractivity contribution in [1.29, 1.82) is 0 Å². The number of aryl methyl sites for hydroxylation is 2. The summed E-state index contributed by atoms with van der Waals surface area (Å²) in [6.07, 6.45) is 0.374. The van der Waals surface area contributed by atoms with E-state index in [4.69, 9.17) is 16.3 Å². The summed E-state index contributed by atoms with van der Waals surface area (Å²) in [6.45, 7) is 9.79. The number of carbonyl (C=O) groups excluding carboxylic acids is 2. The Balaban J connectivity index is 1.94. The first-order valence-corrected chi connectivity index (χ1v) is 12.5. The van der Waals surface area contributed by atoms with Crippen LogP contribution in [0.1, 0.15) is 43.0 Å². The van der Waals surface area contributed by atoms with Gasteiger partial charge in [-0.25, -0.2) is 0 Å². The molecule has 2 amide bonds. The van der Waals surface area contributed by atoms with E-state index in [0.717, 1.165) is 22.3 Å². The Hall–Kier alpha value is -3.31. The quantitative estimate of drug-likeness (QED) is 0.393. The van der Waals surface area contributed by atoms with Gasteiger partial charge in [0.25, 0.3) is 5.91 Å². The lowest BCUT2D eigenvalue weighted by molar-refractivity contribution is -0.143. The van der Waals surface area contributed by atoms with Crippen molar-refractivity contribution >= 4 is 23.4 Å². The number of carbonyl (C=O) groups is 2. The SMILES string of the molecule is Cc1ccc(OCC(=O)N(Cc2cccc(Cl)c2)[C@H](Cc2ccccc2)C(=O)NC(C)(C)C)c(C)c1. The molecule has 0 heterocycles. The van der Waals surface area contributed by atoms with Gasteiger partial charge in [0.1, 0.15) is 11.8 Å². The molecule has 0 radical (unpaired) electrons. The maximum absolute atomic E-state index is 13.7. The molecule has 0 aliphatic heterocycles. The van der Waals surface area contributed by atoms with Crippen LogP contribution in [-0.4, -0.2) is 34.9 Å². The molecule has 0 bridgehead atoms. The number of benzene rings is 3. The van der Waals surface area contributed by atoms with E-state index >= 15 is 0 Å². The highest BCUT2D eigenvalue weighted by atomic mass is 35.5. The molecule has 190 valence electrons. The average molecular weight is 507 g/mol. The predicted octanol–water partition coefficient (Wildman–Crippen LogP) is 5.89. The summed E-state index contributed by atoms with van der Waals surface area (Å²) in [5, 5.41) is 3.64. The molecule has 36 heavy (non-hydrogen) atoms. The van der Waals surface area contributed by atoms with Gasteiger partial charge in [-0.15, -0.1) is 0 Å². The predicted molar refractivity (Wildman–Crippen MR) is 145 cm³/mol. The van der Waals surface area contributed by atoms with Gasteiger partial charge in [0.2, 0.25) is 5.91 Å². The third-order valence-electron chi connectivity index (χ3n) is 5.69. The second-order valence-corrected chi connectivity index (χ2v) is 10.6. The zero-order chi connectivity index (χ0) is 26.3. The number of ether oxygens (including phenoxy) is 1. The monoisotopic (exact) mass is 506 g/mol. The average Bonchev–Trinajstić information content (AvgIpc) is 2.80. The molecule has 0 spiro atoms. The van der Waals surface area contributed by atoms with E-state index in [-0.39, 0.29) is 25.0 Å². The largest absolute Gasteiger partial charge is 0.483 e. The third kappa shape index (κ3) is 8.13. The molecule has 3 rings (SSSR count). The topological polar surface area (TPSA) is 58.6 Å². The lowest BCUT2D eigenvalue weighted by Crippen LogP contribution is -2.55. The fourth-order valence-corrected chi connectivity index (χ4v) is 4.24. The summed E-state index contributed by atoms with van der Waals surface area (Å²) >= 11 is 6.23. The van der Waals surface area contributed by atoms with Gasteiger partial charge in [-0.05, 0) is 69.5 Å². The van der Waals surface area contributed by atoms with Gasteiger partial charge in [0.15, 0.2) is 6.61 Å². The number of hydrogen-bond acceptors (Lipinski definition) is 3. The van der Waals surface area contributed by atoms with Crippen molar-refractivity contribution in [3.05, 3.63) is 100 Å². The second-order valence-electron chi connectivity index (χ2n) is 10.2.